The van der Waals surface area contributed by atoms with Crippen LogP contribution in [0.1, 0.15) is 46.0 Å². The summed E-state index contributed by atoms with van der Waals surface area (Å²) in [7, 11) is 1.51. The van der Waals surface area contributed by atoms with Gasteiger partial charge in [-0.3, -0.25) is 24.5 Å². The molecule has 0 radical (unpaired) electrons. The Morgan fingerprint density at radius 2 is 2.14 bits per heavy atom. The third-order valence-corrected chi connectivity index (χ3v) is 3.88. The lowest BCUT2D eigenvalue weighted by Crippen LogP contribution is -2.53. The molecule has 1 N–H and O–H groups in total. The number of benzene rings is 1. The molecule has 3 amide bonds. The van der Waals surface area contributed by atoms with Crippen LogP contribution in [-0.2, 0) is 16.0 Å². The minimum atomic E-state index is -0.699. The summed E-state index contributed by atoms with van der Waals surface area (Å²) in [5.41, 5.74) is 1.51. The summed E-state index contributed by atoms with van der Waals surface area (Å²) in [6.45, 7) is 1.95. The van der Waals surface area contributed by atoms with Gasteiger partial charge in [-0.1, -0.05) is 19.1 Å². The van der Waals surface area contributed by atoms with Gasteiger partial charge in [-0.25, -0.2) is 0 Å². The van der Waals surface area contributed by atoms with Crippen LogP contribution in [0, 0.1) is 0 Å². The van der Waals surface area contributed by atoms with Crippen molar-refractivity contribution in [1.82, 2.24) is 10.2 Å². The van der Waals surface area contributed by atoms with Gasteiger partial charge in [0.1, 0.15) is 6.04 Å². The summed E-state index contributed by atoms with van der Waals surface area (Å²) in [6.07, 6.45) is 1.85. The summed E-state index contributed by atoms with van der Waals surface area (Å²) in [5.74, 6) is -1.21. The average Bonchev–Trinajstić information content (AvgIpc) is 2.53. The molecule has 1 atom stereocenters. The second-order valence-electron chi connectivity index (χ2n) is 5.28. The van der Waals surface area contributed by atoms with Crippen LogP contribution >= 0.6 is 0 Å². The molecule has 1 heterocycles. The van der Waals surface area contributed by atoms with Gasteiger partial charge in [0.05, 0.1) is 5.56 Å². The van der Waals surface area contributed by atoms with Crippen molar-refractivity contribution in [2.45, 2.75) is 32.2 Å². The maximum Gasteiger partial charge on any atom is 0.255 e. The second kappa shape index (κ2) is 6.51. The molecule has 0 aliphatic carbocycles. The van der Waals surface area contributed by atoms with Crippen molar-refractivity contribution in [3.8, 4) is 0 Å². The first-order valence-electron chi connectivity index (χ1n) is 7.16. The topological polar surface area (TPSA) is 83.6 Å². The molecule has 2 rings (SSSR count). The molecule has 1 unspecified atom stereocenters. The maximum atomic E-state index is 12.6. The van der Waals surface area contributed by atoms with E-state index in [-0.39, 0.29) is 24.3 Å². The monoisotopic (exact) mass is 302 g/mol. The number of carbonyl (C=O) groups excluding carboxylic acids is 4. The van der Waals surface area contributed by atoms with Crippen molar-refractivity contribution < 1.29 is 19.2 Å². The summed E-state index contributed by atoms with van der Waals surface area (Å²) < 4.78 is 0. The Hall–Kier alpha value is -2.50. The molecule has 6 heteroatoms. The SMILES string of the molecule is CCc1ccc(C=O)c(C(=O)N(C)C2CCC(=O)NC2=O)c1. The third-order valence-electron chi connectivity index (χ3n) is 3.88. The van der Waals surface area contributed by atoms with Gasteiger partial charge in [-0.15, -0.1) is 0 Å². The predicted molar refractivity (Wildman–Crippen MR) is 79.5 cm³/mol. The van der Waals surface area contributed by atoms with Gasteiger partial charge in [0.2, 0.25) is 11.8 Å². The standard InChI is InChI=1S/C16H18N2O4/c1-3-10-4-5-11(9-19)12(8-10)16(22)18(2)13-6-7-14(20)17-15(13)21/h4-5,8-9,13H,3,6-7H2,1-2H3,(H,17,20,21). The van der Waals surface area contributed by atoms with Crippen LogP contribution in [0.5, 0.6) is 0 Å². The first-order chi connectivity index (χ1) is 10.5. The largest absolute Gasteiger partial charge is 0.330 e. The summed E-state index contributed by atoms with van der Waals surface area (Å²) in [4.78, 5) is 48.1. The van der Waals surface area contributed by atoms with Crippen molar-refractivity contribution in [2.24, 2.45) is 0 Å². The number of aryl methyl sites for hydroxylation is 1. The number of aldehydes is 1. The minimum absolute atomic E-state index is 0.198. The number of imide groups is 1. The van der Waals surface area contributed by atoms with E-state index in [1.807, 2.05) is 6.92 Å². The van der Waals surface area contributed by atoms with Crippen LogP contribution in [0.2, 0.25) is 0 Å². The van der Waals surface area contributed by atoms with E-state index in [2.05, 4.69) is 5.32 Å². The smallest absolute Gasteiger partial charge is 0.255 e. The lowest BCUT2D eigenvalue weighted by Gasteiger charge is -2.30. The van der Waals surface area contributed by atoms with Gasteiger partial charge in [-0.05, 0) is 24.5 Å². The van der Waals surface area contributed by atoms with E-state index >= 15 is 0 Å². The van der Waals surface area contributed by atoms with Gasteiger partial charge < -0.3 is 4.90 Å². The van der Waals surface area contributed by atoms with Crippen LogP contribution in [0.4, 0.5) is 0 Å². The molecular weight excluding hydrogens is 284 g/mol. The van der Waals surface area contributed by atoms with Crippen LogP contribution in [0.15, 0.2) is 18.2 Å². The number of piperidine rings is 1. The molecule has 1 aromatic rings. The fourth-order valence-corrected chi connectivity index (χ4v) is 2.49. The molecular formula is C16H18N2O4. The predicted octanol–water partition coefficient (Wildman–Crippen LogP) is 0.939. The first kappa shape index (κ1) is 15.9. The molecule has 0 aromatic heterocycles. The van der Waals surface area contributed by atoms with Crippen molar-refractivity contribution in [3.05, 3.63) is 34.9 Å². The van der Waals surface area contributed by atoms with E-state index in [0.29, 0.717) is 11.8 Å². The number of nitrogens with zero attached hydrogens (tertiary/aromatic N) is 1. The third kappa shape index (κ3) is 3.05. The first-order valence-corrected chi connectivity index (χ1v) is 7.16. The quantitative estimate of drug-likeness (QED) is 0.662. The van der Waals surface area contributed by atoms with Gasteiger partial charge in [0.15, 0.2) is 6.29 Å². The molecule has 1 aliphatic rings. The lowest BCUT2D eigenvalue weighted by atomic mass is 10.00. The van der Waals surface area contributed by atoms with Gasteiger partial charge in [0, 0.05) is 19.0 Å². The van der Waals surface area contributed by atoms with E-state index in [1.165, 1.54) is 11.9 Å². The molecule has 1 aliphatic heterocycles. The van der Waals surface area contributed by atoms with E-state index < -0.39 is 17.9 Å². The molecule has 0 spiro atoms. The zero-order chi connectivity index (χ0) is 16.3. The van der Waals surface area contributed by atoms with Crippen LogP contribution in [0.25, 0.3) is 0 Å². The average molecular weight is 302 g/mol. The van der Waals surface area contributed by atoms with Crippen LogP contribution in [0.3, 0.4) is 0 Å². The van der Waals surface area contributed by atoms with Crippen molar-refractivity contribution in [2.75, 3.05) is 7.05 Å². The lowest BCUT2D eigenvalue weighted by molar-refractivity contribution is -0.136. The molecule has 116 valence electrons. The minimum Gasteiger partial charge on any atom is -0.330 e. The van der Waals surface area contributed by atoms with E-state index in [4.69, 9.17) is 0 Å². The second-order valence-corrected chi connectivity index (χ2v) is 5.28. The summed E-state index contributed by atoms with van der Waals surface area (Å²) in [6, 6.07) is 4.38. The maximum absolute atomic E-state index is 12.6. The highest BCUT2D eigenvalue weighted by Gasteiger charge is 2.33. The Kier molecular flexibility index (Phi) is 4.70. The fraction of sp³-hybridized carbons (Fsp3) is 0.375. The highest BCUT2D eigenvalue weighted by atomic mass is 16.2. The zero-order valence-corrected chi connectivity index (χ0v) is 12.6. The Balaban J connectivity index is 2.29. The Bertz CT molecular complexity index is 639. The molecule has 6 nitrogen and oxygen atoms in total. The zero-order valence-electron chi connectivity index (χ0n) is 12.6. The fourth-order valence-electron chi connectivity index (χ4n) is 2.49. The number of rotatable bonds is 4. The van der Waals surface area contributed by atoms with Crippen LogP contribution < -0.4 is 5.32 Å². The Morgan fingerprint density at radius 1 is 1.41 bits per heavy atom. The van der Waals surface area contributed by atoms with Crippen LogP contribution in [-0.4, -0.2) is 42.0 Å². The van der Waals surface area contributed by atoms with Gasteiger partial charge >= 0.3 is 0 Å². The molecule has 0 saturated carbocycles. The molecule has 1 aromatic carbocycles. The molecule has 1 fully saturated rings. The number of hydrogen-bond acceptors (Lipinski definition) is 4. The van der Waals surface area contributed by atoms with Gasteiger partial charge in [0.25, 0.3) is 5.91 Å². The highest BCUT2D eigenvalue weighted by Crippen LogP contribution is 2.18. The number of carbonyl (C=O) groups is 4. The Morgan fingerprint density at radius 3 is 2.73 bits per heavy atom. The van der Waals surface area contributed by atoms with E-state index in [0.717, 1.165) is 12.0 Å². The summed E-state index contributed by atoms with van der Waals surface area (Å²) >= 11 is 0. The van der Waals surface area contributed by atoms with Crippen molar-refractivity contribution in [3.63, 3.8) is 0 Å². The highest BCUT2D eigenvalue weighted by molar-refractivity contribution is 6.06. The summed E-state index contributed by atoms with van der Waals surface area (Å²) in [5, 5.41) is 2.23. The molecule has 22 heavy (non-hydrogen) atoms. The number of likely N-dealkylation sites (N-methyl/N-ethyl adjacent to an activating group) is 1. The van der Waals surface area contributed by atoms with Crippen molar-refractivity contribution in [1.29, 1.82) is 0 Å². The molecule has 1 saturated heterocycles. The molecule has 0 bridgehead atoms. The van der Waals surface area contributed by atoms with Crippen molar-refractivity contribution >= 4 is 24.0 Å². The number of nitrogens with one attached hydrogen (secondary N) is 1. The Labute approximate surface area is 128 Å². The van der Waals surface area contributed by atoms with Gasteiger partial charge in [-0.2, -0.15) is 0 Å². The number of amides is 3. The normalized spacial score (nSPS) is 17.8. The van der Waals surface area contributed by atoms with E-state index in [9.17, 15) is 19.2 Å². The van der Waals surface area contributed by atoms with E-state index in [1.54, 1.807) is 18.2 Å². The number of hydrogen-bond donors (Lipinski definition) is 1.